The second-order valence-corrected chi connectivity index (χ2v) is 4.29. The zero-order valence-electron chi connectivity index (χ0n) is 11.1. The van der Waals surface area contributed by atoms with E-state index in [1.165, 1.54) is 0 Å². The fourth-order valence-electron chi connectivity index (χ4n) is 2.10. The average Bonchev–Trinajstić information content (AvgIpc) is 2.86. The molecule has 0 fully saturated rings. The fourth-order valence-corrected chi connectivity index (χ4v) is 2.10. The fraction of sp³-hybridized carbons (Fsp3) is 0.357. The zero-order valence-corrected chi connectivity index (χ0v) is 11.1. The number of rotatable bonds is 4. The van der Waals surface area contributed by atoms with Gasteiger partial charge in [-0.2, -0.15) is 0 Å². The number of aryl methyl sites for hydroxylation is 2. The van der Waals surface area contributed by atoms with Gasteiger partial charge in [0.15, 0.2) is 0 Å². The molecule has 0 bridgehead atoms. The number of nitrogens with two attached hydrogens (primary N) is 1. The summed E-state index contributed by atoms with van der Waals surface area (Å²) in [6, 6.07) is 5.75. The Labute approximate surface area is 107 Å². The van der Waals surface area contributed by atoms with Crippen molar-refractivity contribution in [2.45, 2.75) is 26.4 Å². The van der Waals surface area contributed by atoms with Gasteiger partial charge in [0.05, 0.1) is 13.2 Å². The van der Waals surface area contributed by atoms with Crippen molar-refractivity contribution in [2.24, 2.45) is 5.73 Å². The summed E-state index contributed by atoms with van der Waals surface area (Å²) < 4.78 is 7.42. The molecule has 1 unspecified atom stereocenters. The second kappa shape index (κ2) is 5.23. The Morgan fingerprint density at radius 3 is 2.89 bits per heavy atom. The number of ether oxygens (including phenoxy) is 1. The van der Waals surface area contributed by atoms with E-state index in [1.807, 2.05) is 29.8 Å². The van der Waals surface area contributed by atoms with Gasteiger partial charge in [-0.15, -0.1) is 0 Å². The first kappa shape index (κ1) is 12.6. The van der Waals surface area contributed by atoms with Gasteiger partial charge in [0.25, 0.3) is 0 Å². The van der Waals surface area contributed by atoms with E-state index in [-0.39, 0.29) is 6.04 Å². The molecule has 0 saturated heterocycles. The topological polar surface area (TPSA) is 53.1 Å². The molecule has 0 amide bonds. The highest BCUT2D eigenvalue weighted by Gasteiger charge is 2.18. The summed E-state index contributed by atoms with van der Waals surface area (Å²) in [5.41, 5.74) is 8.45. The maximum Gasteiger partial charge on any atom is 0.130 e. The summed E-state index contributed by atoms with van der Waals surface area (Å²) in [7, 11) is 1.66. The van der Waals surface area contributed by atoms with Gasteiger partial charge in [-0.3, -0.25) is 0 Å². The first-order valence-corrected chi connectivity index (χ1v) is 6.08. The van der Waals surface area contributed by atoms with Crippen molar-refractivity contribution in [2.75, 3.05) is 7.11 Å². The lowest BCUT2D eigenvalue weighted by atomic mass is 10.0. The number of imidazole rings is 1. The predicted molar refractivity (Wildman–Crippen MR) is 71.7 cm³/mol. The van der Waals surface area contributed by atoms with E-state index in [1.54, 1.807) is 13.3 Å². The van der Waals surface area contributed by atoms with Crippen LogP contribution in [0.15, 0.2) is 30.6 Å². The molecule has 4 nitrogen and oxygen atoms in total. The van der Waals surface area contributed by atoms with Crippen molar-refractivity contribution >= 4 is 0 Å². The quantitative estimate of drug-likeness (QED) is 0.899. The number of hydrogen-bond donors (Lipinski definition) is 1. The van der Waals surface area contributed by atoms with Gasteiger partial charge in [-0.05, 0) is 19.9 Å². The maximum absolute atomic E-state index is 6.32. The van der Waals surface area contributed by atoms with Crippen molar-refractivity contribution in [3.05, 3.63) is 47.5 Å². The third kappa shape index (κ3) is 2.24. The van der Waals surface area contributed by atoms with Crippen molar-refractivity contribution in [1.29, 1.82) is 0 Å². The van der Waals surface area contributed by atoms with E-state index in [2.05, 4.69) is 18.0 Å². The molecule has 96 valence electrons. The molecule has 0 aliphatic carbocycles. The van der Waals surface area contributed by atoms with Crippen LogP contribution in [0, 0.1) is 6.92 Å². The molecule has 0 saturated carbocycles. The van der Waals surface area contributed by atoms with Gasteiger partial charge in [-0.1, -0.05) is 17.7 Å². The van der Waals surface area contributed by atoms with E-state index in [0.29, 0.717) is 0 Å². The smallest absolute Gasteiger partial charge is 0.130 e. The lowest BCUT2D eigenvalue weighted by Crippen LogP contribution is -2.18. The van der Waals surface area contributed by atoms with Crippen LogP contribution < -0.4 is 10.5 Å². The predicted octanol–water partition coefficient (Wildman–Crippen LogP) is 2.27. The lowest BCUT2D eigenvalue weighted by molar-refractivity contribution is 0.406. The van der Waals surface area contributed by atoms with E-state index in [0.717, 1.165) is 29.2 Å². The van der Waals surface area contributed by atoms with Crippen LogP contribution in [0.5, 0.6) is 5.75 Å². The van der Waals surface area contributed by atoms with Crippen LogP contribution >= 0.6 is 0 Å². The highest BCUT2D eigenvalue weighted by atomic mass is 16.5. The zero-order chi connectivity index (χ0) is 13.1. The Bertz CT molecular complexity index is 534. The van der Waals surface area contributed by atoms with Crippen molar-refractivity contribution in [3.63, 3.8) is 0 Å². The minimum absolute atomic E-state index is 0.269. The van der Waals surface area contributed by atoms with Gasteiger partial charge in [-0.25, -0.2) is 4.98 Å². The summed E-state index contributed by atoms with van der Waals surface area (Å²) >= 11 is 0. The number of nitrogens with zero attached hydrogens (tertiary/aromatic N) is 2. The molecule has 1 atom stereocenters. The molecular weight excluding hydrogens is 226 g/mol. The summed E-state index contributed by atoms with van der Waals surface area (Å²) in [6.45, 7) is 4.98. The summed E-state index contributed by atoms with van der Waals surface area (Å²) in [4.78, 5) is 4.35. The van der Waals surface area contributed by atoms with Crippen LogP contribution in [0.1, 0.15) is 29.9 Å². The van der Waals surface area contributed by atoms with Crippen LogP contribution in [0.3, 0.4) is 0 Å². The highest BCUT2D eigenvalue weighted by molar-refractivity contribution is 5.41. The Hall–Kier alpha value is -1.81. The number of hydrogen-bond acceptors (Lipinski definition) is 3. The molecule has 18 heavy (non-hydrogen) atoms. The Balaban J connectivity index is 2.45. The summed E-state index contributed by atoms with van der Waals surface area (Å²) in [5.74, 6) is 1.67. The molecule has 1 aromatic heterocycles. The normalized spacial score (nSPS) is 12.4. The van der Waals surface area contributed by atoms with Gasteiger partial charge >= 0.3 is 0 Å². The SMILES string of the molecule is CCn1ccnc1C(N)c1cc(C)ccc1OC. The first-order valence-electron chi connectivity index (χ1n) is 6.08. The standard InChI is InChI=1S/C14H19N3O/c1-4-17-8-7-16-14(17)13(15)11-9-10(2)5-6-12(11)18-3/h5-9,13H,4,15H2,1-3H3. The largest absolute Gasteiger partial charge is 0.496 e. The second-order valence-electron chi connectivity index (χ2n) is 4.29. The molecular formula is C14H19N3O. The molecule has 2 rings (SSSR count). The van der Waals surface area contributed by atoms with Crippen LogP contribution in [-0.2, 0) is 6.54 Å². The number of methoxy groups -OCH3 is 1. The average molecular weight is 245 g/mol. The van der Waals surface area contributed by atoms with E-state index >= 15 is 0 Å². The molecule has 0 spiro atoms. The van der Waals surface area contributed by atoms with Gasteiger partial charge in [0.1, 0.15) is 11.6 Å². The van der Waals surface area contributed by atoms with Gasteiger partial charge < -0.3 is 15.0 Å². The van der Waals surface area contributed by atoms with Crippen LogP contribution in [0.2, 0.25) is 0 Å². The Morgan fingerprint density at radius 2 is 2.22 bits per heavy atom. The van der Waals surface area contributed by atoms with E-state index < -0.39 is 0 Å². The monoisotopic (exact) mass is 245 g/mol. The van der Waals surface area contributed by atoms with E-state index in [4.69, 9.17) is 10.5 Å². The van der Waals surface area contributed by atoms with Crippen molar-refractivity contribution in [3.8, 4) is 5.75 Å². The third-order valence-electron chi connectivity index (χ3n) is 3.09. The number of aromatic nitrogens is 2. The molecule has 0 radical (unpaired) electrons. The molecule has 0 aliphatic heterocycles. The van der Waals surface area contributed by atoms with Crippen LogP contribution in [0.25, 0.3) is 0 Å². The summed E-state index contributed by atoms with van der Waals surface area (Å²) in [5, 5.41) is 0. The van der Waals surface area contributed by atoms with Crippen molar-refractivity contribution < 1.29 is 4.74 Å². The first-order chi connectivity index (χ1) is 8.67. The van der Waals surface area contributed by atoms with Crippen LogP contribution in [-0.4, -0.2) is 16.7 Å². The molecule has 2 N–H and O–H groups in total. The molecule has 1 heterocycles. The van der Waals surface area contributed by atoms with Crippen molar-refractivity contribution in [1.82, 2.24) is 9.55 Å². The maximum atomic E-state index is 6.32. The lowest BCUT2D eigenvalue weighted by Gasteiger charge is -2.17. The molecule has 0 aliphatic rings. The van der Waals surface area contributed by atoms with Gasteiger partial charge in [0.2, 0.25) is 0 Å². The molecule has 2 aromatic rings. The molecule has 1 aromatic carbocycles. The summed E-state index contributed by atoms with van der Waals surface area (Å²) in [6.07, 6.45) is 3.72. The van der Waals surface area contributed by atoms with Gasteiger partial charge in [0, 0.05) is 24.5 Å². The Morgan fingerprint density at radius 1 is 1.44 bits per heavy atom. The highest BCUT2D eigenvalue weighted by Crippen LogP contribution is 2.28. The molecule has 4 heteroatoms. The third-order valence-corrected chi connectivity index (χ3v) is 3.09. The number of benzene rings is 1. The van der Waals surface area contributed by atoms with Crippen LogP contribution in [0.4, 0.5) is 0 Å². The minimum Gasteiger partial charge on any atom is -0.496 e. The van der Waals surface area contributed by atoms with E-state index in [9.17, 15) is 0 Å². The Kier molecular flexibility index (Phi) is 3.67. The minimum atomic E-state index is -0.269.